The Morgan fingerprint density at radius 3 is 2.09 bits per heavy atom. The Morgan fingerprint density at radius 1 is 0.955 bits per heavy atom. The van der Waals surface area contributed by atoms with Gasteiger partial charge in [0.15, 0.2) is 0 Å². The highest BCUT2D eigenvalue weighted by molar-refractivity contribution is 6.25. The van der Waals surface area contributed by atoms with Gasteiger partial charge in [-0.15, -0.1) is 0 Å². The van der Waals surface area contributed by atoms with Gasteiger partial charge in [0, 0.05) is 24.5 Å². The molecule has 1 aliphatic carbocycles. The van der Waals surface area contributed by atoms with Gasteiger partial charge in [0.1, 0.15) is 0 Å². The largest absolute Gasteiger partial charge is 0.466 e. The summed E-state index contributed by atoms with van der Waals surface area (Å²) in [6.45, 7) is 0. The van der Waals surface area contributed by atoms with Crippen molar-refractivity contribution >= 4 is 23.5 Å². The summed E-state index contributed by atoms with van der Waals surface area (Å²) < 4.78 is 16.0. The lowest BCUT2D eigenvalue weighted by molar-refractivity contribution is -0.138. The Hall–Kier alpha value is -2.57. The van der Waals surface area contributed by atoms with Crippen molar-refractivity contribution in [3.8, 4) is 0 Å². The Labute approximate surface area is 127 Å². The minimum Gasteiger partial charge on any atom is -0.466 e. The van der Waals surface area contributed by atoms with E-state index in [4.69, 9.17) is 14.2 Å². The molecule has 0 bridgehead atoms. The van der Waals surface area contributed by atoms with Gasteiger partial charge in [0.2, 0.25) is 0 Å². The highest BCUT2D eigenvalue weighted by Gasteiger charge is 2.35. The quantitative estimate of drug-likeness (QED) is 0.608. The van der Waals surface area contributed by atoms with Gasteiger partial charge in [-0.25, -0.2) is 14.4 Å². The minimum absolute atomic E-state index is 0.0663. The molecule has 1 aromatic heterocycles. The number of rotatable bonds is 3. The summed E-state index contributed by atoms with van der Waals surface area (Å²) in [4.78, 5) is 36.1. The van der Waals surface area contributed by atoms with Crippen LogP contribution in [0.5, 0.6) is 0 Å². The molecule has 2 rings (SSSR count). The number of nitrogens with zero attached hydrogens (tertiary/aromatic N) is 1. The van der Waals surface area contributed by atoms with E-state index in [1.807, 2.05) is 0 Å². The maximum atomic E-state index is 12.2. The lowest BCUT2D eigenvalue weighted by Crippen LogP contribution is -2.21. The van der Waals surface area contributed by atoms with Gasteiger partial charge in [-0.05, 0) is 12.8 Å². The maximum Gasteiger partial charge on any atom is 0.340 e. The molecule has 22 heavy (non-hydrogen) atoms. The molecule has 118 valence electrons. The smallest absolute Gasteiger partial charge is 0.340 e. The molecular formula is C15H17NO6. The van der Waals surface area contributed by atoms with Gasteiger partial charge in [-0.1, -0.05) is 0 Å². The fraction of sp³-hybridized carbons (Fsp3) is 0.400. The zero-order valence-corrected chi connectivity index (χ0v) is 12.9. The Kier molecular flexibility index (Phi) is 4.35. The van der Waals surface area contributed by atoms with E-state index in [-0.39, 0.29) is 16.7 Å². The lowest BCUT2D eigenvalue weighted by Gasteiger charge is -2.19. The average Bonchev–Trinajstić information content (AvgIpc) is 2.88. The summed E-state index contributed by atoms with van der Waals surface area (Å²) in [5.74, 6) is -1.87. The molecule has 7 heteroatoms. The van der Waals surface area contributed by atoms with E-state index in [1.165, 1.54) is 21.3 Å². The highest BCUT2D eigenvalue weighted by atomic mass is 16.5. The molecule has 0 atom stereocenters. The third kappa shape index (κ3) is 2.38. The van der Waals surface area contributed by atoms with E-state index in [0.717, 1.165) is 5.69 Å². The summed E-state index contributed by atoms with van der Waals surface area (Å²) in [6, 6.07) is 0. The van der Waals surface area contributed by atoms with Crippen LogP contribution < -0.4 is 0 Å². The molecule has 0 aromatic carbocycles. The number of hydrogen-bond donors (Lipinski definition) is 0. The first-order valence-electron chi connectivity index (χ1n) is 6.62. The van der Waals surface area contributed by atoms with Crippen LogP contribution in [0.4, 0.5) is 0 Å². The predicted molar refractivity (Wildman–Crippen MR) is 76.0 cm³/mol. The van der Waals surface area contributed by atoms with E-state index in [9.17, 15) is 14.4 Å². The molecule has 0 fully saturated rings. The Balaban J connectivity index is 2.76. The van der Waals surface area contributed by atoms with Crippen LogP contribution in [-0.2, 0) is 37.3 Å². The fourth-order valence-corrected chi connectivity index (χ4v) is 2.69. The molecule has 1 heterocycles. The number of methoxy groups -OCH3 is 3. The van der Waals surface area contributed by atoms with E-state index < -0.39 is 17.9 Å². The van der Waals surface area contributed by atoms with Gasteiger partial charge in [-0.2, -0.15) is 0 Å². The summed E-state index contributed by atoms with van der Waals surface area (Å²) in [5.41, 5.74) is 1.65. The van der Waals surface area contributed by atoms with Crippen LogP contribution >= 0.6 is 0 Å². The van der Waals surface area contributed by atoms with Crippen molar-refractivity contribution in [3.05, 3.63) is 28.6 Å². The van der Waals surface area contributed by atoms with Crippen molar-refractivity contribution in [3.63, 3.8) is 0 Å². The van der Waals surface area contributed by atoms with E-state index in [1.54, 1.807) is 17.8 Å². The van der Waals surface area contributed by atoms with Crippen LogP contribution in [0, 0.1) is 0 Å². The first-order chi connectivity index (χ1) is 10.5. The van der Waals surface area contributed by atoms with Crippen molar-refractivity contribution in [2.75, 3.05) is 21.3 Å². The standard InChI is InChI=1S/C15H17NO6/c1-16-7-9(14(18)21-3)11-10(16)6-5-8(13(17)20-2)12(11)15(19)22-4/h7H,5-6H2,1-4H3. The predicted octanol–water partition coefficient (Wildman–Crippen LogP) is 0.857. The second-order valence-corrected chi connectivity index (χ2v) is 4.80. The average molecular weight is 307 g/mol. The number of aryl methyl sites for hydroxylation is 1. The number of esters is 3. The van der Waals surface area contributed by atoms with Gasteiger partial charge in [0.05, 0.1) is 38.0 Å². The van der Waals surface area contributed by atoms with Crippen LogP contribution in [-0.4, -0.2) is 43.8 Å². The number of fused-ring (bicyclic) bond motifs is 1. The molecule has 0 aliphatic heterocycles. The van der Waals surface area contributed by atoms with Gasteiger partial charge >= 0.3 is 17.9 Å². The molecule has 1 aromatic rings. The van der Waals surface area contributed by atoms with Crippen molar-refractivity contribution < 1.29 is 28.6 Å². The van der Waals surface area contributed by atoms with Gasteiger partial charge < -0.3 is 18.8 Å². The summed E-state index contributed by atoms with van der Waals surface area (Å²) in [5, 5.41) is 0. The number of carbonyl (C=O) groups is 3. The molecule has 0 radical (unpaired) electrons. The third-order valence-corrected chi connectivity index (χ3v) is 3.70. The number of carbonyl (C=O) groups excluding carboxylic acids is 3. The first kappa shape index (κ1) is 15.8. The number of aromatic nitrogens is 1. The zero-order chi connectivity index (χ0) is 16.4. The van der Waals surface area contributed by atoms with Crippen LogP contribution in [0.2, 0.25) is 0 Å². The van der Waals surface area contributed by atoms with Crippen LogP contribution in [0.15, 0.2) is 11.8 Å². The van der Waals surface area contributed by atoms with Gasteiger partial charge in [-0.3, -0.25) is 0 Å². The summed E-state index contributed by atoms with van der Waals surface area (Å²) >= 11 is 0. The molecular weight excluding hydrogens is 290 g/mol. The van der Waals surface area contributed by atoms with E-state index in [0.29, 0.717) is 18.4 Å². The van der Waals surface area contributed by atoms with E-state index >= 15 is 0 Å². The van der Waals surface area contributed by atoms with Crippen LogP contribution in [0.1, 0.15) is 28.0 Å². The third-order valence-electron chi connectivity index (χ3n) is 3.70. The second kappa shape index (κ2) is 6.05. The topological polar surface area (TPSA) is 83.8 Å². The van der Waals surface area contributed by atoms with Crippen molar-refractivity contribution in [2.24, 2.45) is 7.05 Å². The Morgan fingerprint density at radius 2 is 1.55 bits per heavy atom. The zero-order valence-electron chi connectivity index (χ0n) is 12.9. The van der Waals surface area contributed by atoms with Crippen LogP contribution in [0.3, 0.4) is 0 Å². The SMILES string of the molecule is COC(=O)C1=C(C(=O)OC)c2c(C(=O)OC)cn(C)c2CC1. The highest BCUT2D eigenvalue weighted by Crippen LogP contribution is 2.36. The van der Waals surface area contributed by atoms with Crippen LogP contribution in [0.25, 0.3) is 5.57 Å². The molecule has 0 spiro atoms. The number of ether oxygens (including phenoxy) is 3. The maximum absolute atomic E-state index is 12.2. The normalized spacial score (nSPS) is 13.5. The molecule has 7 nitrogen and oxygen atoms in total. The molecule has 0 unspecified atom stereocenters. The minimum atomic E-state index is -0.683. The molecule has 0 amide bonds. The summed E-state index contributed by atoms with van der Waals surface area (Å²) in [6.07, 6.45) is 2.43. The number of hydrogen-bond acceptors (Lipinski definition) is 6. The molecule has 0 saturated carbocycles. The fourth-order valence-electron chi connectivity index (χ4n) is 2.69. The van der Waals surface area contributed by atoms with Crippen molar-refractivity contribution in [1.29, 1.82) is 0 Å². The Bertz CT molecular complexity index is 682. The lowest BCUT2D eigenvalue weighted by atomic mass is 9.87. The van der Waals surface area contributed by atoms with Crippen molar-refractivity contribution in [2.45, 2.75) is 12.8 Å². The van der Waals surface area contributed by atoms with Gasteiger partial charge in [0.25, 0.3) is 0 Å². The molecule has 1 aliphatic rings. The van der Waals surface area contributed by atoms with E-state index in [2.05, 4.69) is 0 Å². The molecule has 0 saturated heterocycles. The molecule has 0 N–H and O–H groups in total. The monoisotopic (exact) mass is 307 g/mol. The second-order valence-electron chi connectivity index (χ2n) is 4.80. The van der Waals surface area contributed by atoms with Crippen molar-refractivity contribution in [1.82, 2.24) is 4.57 Å². The summed E-state index contributed by atoms with van der Waals surface area (Å²) in [7, 11) is 5.49. The first-order valence-corrected chi connectivity index (χ1v) is 6.62.